The van der Waals surface area contributed by atoms with E-state index in [-0.39, 0.29) is 0 Å². The maximum Gasteiger partial charge on any atom is 0.180 e. The summed E-state index contributed by atoms with van der Waals surface area (Å²) in [6, 6.07) is 8.00. The third-order valence-corrected chi connectivity index (χ3v) is 3.01. The second kappa shape index (κ2) is 4.99. The molecule has 0 unspecified atom stereocenters. The molecule has 0 fully saturated rings. The Labute approximate surface area is 98.9 Å². The zero-order chi connectivity index (χ0) is 11.4. The van der Waals surface area contributed by atoms with Crippen LogP contribution in [-0.2, 0) is 0 Å². The summed E-state index contributed by atoms with van der Waals surface area (Å²) in [5.41, 5.74) is 6.72. The molecule has 1 aromatic heterocycles. The van der Waals surface area contributed by atoms with Crippen LogP contribution in [0.4, 0.5) is 5.13 Å². The van der Waals surface area contributed by atoms with E-state index in [1.807, 2.05) is 24.3 Å². The number of ether oxygens (including phenoxy) is 1. The Morgan fingerprint density at radius 3 is 2.62 bits per heavy atom. The lowest BCUT2D eigenvalue weighted by atomic mass is 10.2. The molecule has 0 radical (unpaired) electrons. The summed E-state index contributed by atoms with van der Waals surface area (Å²) in [5, 5.41) is 0.598. The summed E-state index contributed by atoms with van der Waals surface area (Å²) >= 11 is 1.49. The molecular weight excluding hydrogens is 220 g/mol. The van der Waals surface area contributed by atoms with Gasteiger partial charge in [0.25, 0.3) is 0 Å². The van der Waals surface area contributed by atoms with Crippen LogP contribution >= 0.6 is 11.3 Å². The van der Waals surface area contributed by atoms with E-state index >= 15 is 0 Å². The third kappa shape index (κ3) is 2.52. The molecule has 4 heteroatoms. The van der Waals surface area contributed by atoms with E-state index in [1.165, 1.54) is 11.3 Å². The molecule has 0 amide bonds. The molecule has 3 nitrogen and oxygen atoms in total. The van der Waals surface area contributed by atoms with Gasteiger partial charge < -0.3 is 10.5 Å². The van der Waals surface area contributed by atoms with Gasteiger partial charge in [-0.3, -0.25) is 0 Å². The van der Waals surface area contributed by atoms with E-state index in [0.29, 0.717) is 5.13 Å². The van der Waals surface area contributed by atoms with Crippen molar-refractivity contribution in [3.05, 3.63) is 30.5 Å². The first-order valence-corrected chi connectivity index (χ1v) is 6.06. The number of nitrogens with two attached hydrogens (primary N) is 1. The number of rotatable bonds is 4. The fourth-order valence-corrected chi connectivity index (χ4v) is 2.05. The minimum Gasteiger partial charge on any atom is -0.494 e. The molecule has 0 atom stereocenters. The third-order valence-electron chi connectivity index (χ3n) is 2.14. The standard InChI is InChI=1S/C12H14N2OS/c1-2-7-15-10-5-3-9(4-6-10)11-8-14-12(13)16-11/h3-6,8H,2,7H2,1H3,(H2,13,14). The average Bonchev–Trinajstić information content (AvgIpc) is 2.74. The molecule has 0 saturated heterocycles. The molecular formula is C12H14N2OS. The zero-order valence-electron chi connectivity index (χ0n) is 9.14. The fourth-order valence-electron chi connectivity index (χ4n) is 1.36. The predicted octanol–water partition coefficient (Wildman–Crippen LogP) is 3.18. The Balaban J connectivity index is 2.13. The highest BCUT2D eigenvalue weighted by Gasteiger charge is 2.02. The van der Waals surface area contributed by atoms with Gasteiger partial charge in [-0.05, 0) is 36.2 Å². The van der Waals surface area contributed by atoms with E-state index in [4.69, 9.17) is 10.5 Å². The van der Waals surface area contributed by atoms with Crippen LogP contribution in [0.2, 0.25) is 0 Å². The van der Waals surface area contributed by atoms with Crippen LogP contribution in [0.1, 0.15) is 13.3 Å². The number of anilines is 1. The highest BCUT2D eigenvalue weighted by molar-refractivity contribution is 7.18. The lowest BCUT2D eigenvalue weighted by Crippen LogP contribution is -1.94. The normalized spacial score (nSPS) is 10.3. The van der Waals surface area contributed by atoms with Crippen LogP contribution in [-0.4, -0.2) is 11.6 Å². The fraction of sp³-hybridized carbons (Fsp3) is 0.250. The van der Waals surface area contributed by atoms with E-state index in [0.717, 1.165) is 29.2 Å². The van der Waals surface area contributed by atoms with Crippen molar-refractivity contribution in [3.63, 3.8) is 0 Å². The molecule has 2 aromatic rings. The minimum absolute atomic E-state index is 0.598. The Bertz CT molecular complexity index is 450. The quantitative estimate of drug-likeness (QED) is 0.883. The summed E-state index contributed by atoms with van der Waals surface area (Å²) < 4.78 is 5.51. The van der Waals surface area contributed by atoms with E-state index in [2.05, 4.69) is 11.9 Å². The number of hydrogen-bond acceptors (Lipinski definition) is 4. The molecule has 2 rings (SSSR count). The van der Waals surface area contributed by atoms with Gasteiger partial charge in [0.2, 0.25) is 0 Å². The smallest absolute Gasteiger partial charge is 0.180 e. The van der Waals surface area contributed by atoms with Crippen molar-refractivity contribution >= 4 is 16.5 Å². The zero-order valence-corrected chi connectivity index (χ0v) is 9.96. The summed E-state index contributed by atoms with van der Waals surface area (Å²) in [6.45, 7) is 2.85. The molecule has 0 aliphatic rings. The molecule has 0 spiro atoms. The molecule has 2 N–H and O–H groups in total. The summed E-state index contributed by atoms with van der Waals surface area (Å²) in [4.78, 5) is 5.11. The van der Waals surface area contributed by atoms with Crippen LogP contribution in [0.25, 0.3) is 10.4 Å². The second-order valence-electron chi connectivity index (χ2n) is 3.44. The van der Waals surface area contributed by atoms with Crippen molar-refractivity contribution in [2.24, 2.45) is 0 Å². The Hall–Kier alpha value is -1.55. The average molecular weight is 234 g/mol. The SMILES string of the molecule is CCCOc1ccc(-c2cnc(N)s2)cc1. The second-order valence-corrected chi connectivity index (χ2v) is 4.50. The molecule has 1 aromatic carbocycles. The first-order chi connectivity index (χ1) is 7.79. The number of thiazole rings is 1. The maximum atomic E-state index is 5.59. The lowest BCUT2D eigenvalue weighted by Gasteiger charge is -2.04. The van der Waals surface area contributed by atoms with Crippen molar-refractivity contribution < 1.29 is 4.74 Å². The van der Waals surface area contributed by atoms with Crippen molar-refractivity contribution in [2.75, 3.05) is 12.3 Å². The Morgan fingerprint density at radius 2 is 2.06 bits per heavy atom. The number of aromatic nitrogens is 1. The van der Waals surface area contributed by atoms with E-state index < -0.39 is 0 Å². The van der Waals surface area contributed by atoms with Crippen molar-refractivity contribution in [2.45, 2.75) is 13.3 Å². The molecule has 0 aliphatic carbocycles. The van der Waals surface area contributed by atoms with Crippen LogP contribution in [0.3, 0.4) is 0 Å². The van der Waals surface area contributed by atoms with Crippen molar-refractivity contribution in [1.29, 1.82) is 0 Å². The number of hydrogen-bond donors (Lipinski definition) is 1. The Kier molecular flexibility index (Phi) is 3.41. The van der Waals surface area contributed by atoms with Gasteiger partial charge in [-0.2, -0.15) is 0 Å². The largest absolute Gasteiger partial charge is 0.494 e. The van der Waals surface area contributed by atoms with Crippen molar-refractivity contribution in [3.8, 4) is 16.2 Å². The van der Waals surface area contributed by atoms with E-state index in [9.17, 15) is 0 Å². The maximum absolute atomic E-state index is 5.59. The summed E-state index contributed by atoms with van der Waals surface area (Å²) in [5.74, 6) is 0.906. The van der Waals surface area contributed by atoms with Gasteiger partial charge in [0.1, 0.15) is 5.75 Å². The van der Waals surface area contributed by atoms with Crippen LogP contribution in [0.15, 0.2) is 30.5 Å². The predicted molar refractivity (Wildman–Crippen MR) is 67.7 cm³/mol. The topological polar surface area (TPSA) is 48.1 Å². The molecule has 1 heterocycles. The van der Waals surface area contributed by atoms with Gasteiger partial charge in [0, 0.05) is 6.20 Å². The molecule has 16 heavy (non-hydrogen) atoms. The van der Waals surface area contributed by atoms with Gasteiger partial charge >= 0.3 is 0 Å². The van der Waals surface area contributed by atoms with Gasteiger partial charge in [0.05, 0.1) is 11.5 Å². The van der Waals surface area contributed by atoms with E-state index in [1.54, 1.807) is 6.20 Å². The number of benzene rings is 1. The lowest BCUT2D eigenvalue weighted by molar-refractivity contribution is 0.317. The monoisotopic (exact) mass is 234 g/mol. The molecule has 0 bridgehead atoms. The Morgan fingerprint density at radius 1 is 1.31 bits per heavy atom. The first kappa shape index (κ1) is 11.0. The highest BCUT2D eigenvalue weighted by Crippen LogP contribution is 2.28. The highest BCUT2D eigenvalue weighted by atomic mass is 32.1. The first-order valence-electron chi connectivity index (χ1n) is 5.24. The molecule has 0 aliphatic heterocycles. The van der Waals surface area contributed by atoms with Gasteiger partial charge in [-0.15, -0.1) is 0 Å². The van der Waals surface area contributed by atoms with Gasteiger partial charge in [-0.1, -0.05) is 18.3 Å². The number of nitrogens with zero attached hydrogens (tertiary/aromatic N) is 1. The van der Waals surface area contributed by atoms with Gasteiger partial charge in [-0.25, -0.2) is 4.98 Å². The summed E-state index contributed by atoms with van der Waals surface area (Å²) in [6.07, 6.45) is 2.81. The molecule has 0 saturated carbocycles. The van der Waals surface area contributed by atoms with Crippen molar-refractivity contribution in [1.82, 2.24) is 4.98 Å². The van der Waals surface area contributed by atoms with Crippen LogP contribution < -0.4 is 10.5 Å². The minimum atomic E-state index is 0.598. The number of nitrogen functional groups attached to an aromatic ring is 1. The molecule has 84 valence electrons. The van der Waals surface area contributed by atoms with Gasteiger partial charge in [0.15, 0.2) is 5.13 Å². The summed E-state index contributed by atoms with van der Waals surface area (Å²) in [7, 11) is 0. The van der Waals surface area contributed by atoms with Crippen LogP contribution in [0.5, 0.6) is 5.75 Å². The van der Waals surface area contributed by atoms with Crippen LogP contribution in [0, 0.1) is 0 Å².